The highest BCUT2D eigenvalue weighted by Gasteiger charge is 2.20. The Bertz CT molecular complexity index is 657. The summed E-state index contributed by atoms with van der Waals surface area (Å²) in [6.07, 6.45) is -0.421. The van der Waals surface area contributed by atoms with Gasteiger partial charge in [-0.3, -0.25) is 0 Å². The fourth-order valence-corrected chi connectivity index (χ4v) is 2.54. The molecule has 1 aromatic heterocycles. The number of carbonyl (C=O) groups is 1. The molecule has 0 spiro atoms. The first-order valence-electron chi connectivity index (χ1n) is 6.50. The SMILES string of the molecule is O=C(Oc1cccs1)N(c1ccccc1)c1ccccc1. The van der Waals surface area contributed by atoms with Gasteiger partial charge in [-0.1, -0.05) is 36.4 Å². The molecule has 4 heteroatoms. The van der Waals surface area contributed by atoms with Crippen LogP contribution in [-0.2, 0) is 0 Å². The van der Waals surface area contributed by atoms with E-state index in [4.69, 9.17) is 4.74 Å². The van der Waals surface area contributed by atoms with Gasteiger partial charge in [0.25, 0.3) is 0 Å². The van der Waals surface area contributed by atoms with Crippen molar-refractivity contribution in [3.63, 3.8) is 0 Å². The molecule has 0 saturated carbocycles. The van der Waals surface area contributed by atoms with E-state index in [1.54, 1.807) is 11.0 Å². The molecular weight excluding hydrogens is 282 g/mol. The van der Waals surface area contributed by atoms with Crippen LogP contribution in [0.25, 0.3) is 0 Å². The maximum atomic E-state index is 12.5. The first kappa shape index (κ1) is 13.4. The van der Waals surface area contributed by atoms with Crippen LogP contribution in [0.4, 0.5) is 16.2 Å². The molecule has 0 aliphatic heterocycles. The number of anilines is 2. The lowest BCUT2D eigenvalue weighted by Gasteiger charge is -2.21. The number of hydrogen-bond donors (Lipinski definition) is 0. The van der Waals surface area contributed by atoms with Gasteiger partial charge in [0, 0.05) is 0 Å². The van der Waals surface area contributed by atoms with E-state index < -0.39 is 6.09 Å². The first-order chi connectivity index (χ1) is 10.3. The van der Waals surface area contributed by atoms with Crippen LogP contribution in [0.5, 0.6) is 5.06 Å². The minimum Gasteiger partial charge on any atom is -0.399 e. The average Bonchev–Trinajstić information content (AvgIpc) is 3.02. The second-order valence-electron chi connectivity index (χ2n) is 4.31. The summed E-state index contributed by atoms with van der Waals surface area (Å²) in [5, 5.41) is 2.45. The molecule has 3 rings (SSSR count). The molecule has 0 saturated heterocycles. The number of carbonyl (C=O) groups excluding carboxylic acids is 1. The van der Waals surface area contributed by atoms with E-state index >= 15 is 0 Å². The lowest BCUT2D eigenvalue weighted by molar-refractivity contribution is 0.212. The average molecular weight is 295 g/mol. The van der Waals surface area contributed by atoms with Crippen LogP contribution in [0.1, 0.15) is 0 Å². The third kappa shape index (κ3) is 3.12. The van der Waals surface area contributed by atoms with Crippen molar-refractivity contribution in [2.24, 2.45) is 0 Å². The van der Waals surface area contributed by atoms with Crippen LogP contribution < -0.4 is 9.64 Å². The van der Waals surface area contributed by atoms with Crippen molar-refractivity contribution in [3.8, 4) is 5.06 Å². The quantitative estimate of drug-likeness (QED) is 0.674. The van der Waals surface area contributed by atoms with Crippen LogP contribution in [0.15, 0.2) is 78.2 Å². The van der Waals surface area contributed by atoms with Crippen LogP contribution in [0, 0.1) is 0 Å². The normalized spacial score (nSPS) is 10.1. The molecule has 0 bridgehead atoms. The Balaban J connectivity index is 1.95. The maximum absolute atomic E-state index is 12.5. The van der Waals surface area contributed by atoms with Crippen LogP contribution in [-0.4, -0.2) is 6.09 Å². The van der Waals surface area contributed by atoms with Crippen molar-refractivity contribution in [2.75, 3.05) is 4.90 Å². The van der Waals surface area contributed by atoms with Crippen LogP contribution in [0.3, 0.4) is 0 Å². The standard InChI is InChI=1S/C17H13NO2S/c19-17(20-16-12-7-13-21-16)18(14-8-3-1-4-9-14)15-10-5-2-6-11-15/h1-13H. The van der Waals surface area contributed by atoms with E-state index in [0.29, 0.717) is 5.06 Å². The van der Waals surface area contributed by atoms with E-state index in [1.807, 2.05) is 72.1 Å². The summed E-state index contributed by atoms with van der Waals surface area (Å²) < 4.78 is 5.43. The van der Waals surface area contributed by atoms with Gasteiger partial charge in [0.2, 0.25) is 0 Å². The number of thiophene rings is 1. The highest BCUT2D eigenvalue weighted by Crippen LogP contribution is 2.27. The molecule has 0 N–H and O–H groups in total. The zero-order chi connectivity index (χ0) is 14.5. The Morgan fingerprint density at radius 2 is 1.38 bits per heavy atom. The summed E-state index contributed by atoms with van der Waals surface area (Å²) in [6.45, 7) is 0. The van der Waals surface area contributed by atoms with Gasteiger partial charge in [0.1, 0.15) is 0 Å². The molecule has 3 nitrogen and oxygen atoms in total. The van der Waals surface area contributed by atoms with E-state index in [0.717, 1.165) is 11.4 Å². The van der Waals surface area contributed by atoms with Crippen molar-refractivity contribution < 1.29 is 9.53 Å². The minimum absolute atomic E-state index is 0.421. The molecule has 2 aromatic carbocycles. The zero-order valence-corrected chi connectivity index (χ0v) is 12.0. The number of nitrogens with zero attached hydrogens (tertiary/aromatic N) is 1. The van der Waals surface area contributed by atoms with Gasteiger partial charge in [-0.25, -0.2) is 9.69 Å². The molecule has 0 radical (unpaired) electrons. The molecule has 0 atom stereocenters. The van der Waals surface area contributed by atoms with Gasteiger partial charge in [-0.2, -0.15) is 0 Å². The lowest BCUT2D eigenvalue weighted by atomic mass is 10.2. The molecule has 1 amide bonds. The number of para-hydroxylation sites is 2. The van der Waals surface area contributed by atoms with Crippen LogP contribution >= 0.6 is 11.3 Å². The molecule has 1 heterocycles. The largest absolute Gasteiger partial charge is 0.425 e. The smallest absolute Gasteiger partial charge is 0.399 e. The summed E-state index contributed by atoms with van der Waals surface area (Å²) in [4.78, 5) is 14.1. The Morgan fingerprint density at radius 1 is 0.810 bits per heavy atom. The first-order valence-corrected chi connectivity index (χ1v) is 7.38. The van der Waals surface area contributed by atoms with E-state index in [2.05, 4.69) is 0 Å². The van der Waals surface area contributed by atoms with E-state index in [1.165, 1.54) is 11.3 Å². The van der Waals surface area contributed by atoms with Crippen molar-refractivity contribution in [1.82, 2.24) is 0 Å². The van der Waals surface area contributed by atoms with Crippen molar-refractivity contribution in [2.45, 2.75) is 0 Å². The maximum Gasteiger partial charge on any atom is 0.425 e. The molecule has 0 aliphatic rings. The zero-order valence-electron chi connectivity index (χ0n) is 11.2. The van der Waals surface area contributed by atoms with Crippen molar-refractivity contribution in [3.05, 3.63) is 78.2 Å². The van der Waals surface area contributed by atoms with Gasteiger partial charge < -0.3 is 4.74 Å². The van der Waals surface area contributed by atoms with Gasteiger partial charge in [0.05, 0.1) is 11.4 Å². The van der Waals surface area contributed by atoms with E-state index in [-0.39, 0.29) is 0 Å². The molecule has 0 fully saturated rings. The number of hydrogen-bond acceptors (Lipinski definition) is 3. The molecule has 0 aliphatic carbocycles. The second kappa shape index (κ2) is 6.24. The third-order valence-electron chi connectivity index (χ3n) is 2.89. The topological polar surface area (TPSA) is 29.5 Å². The number of rotatable bonds is 3. The second-order valence-corrected chi connectivity index (χ2v) is 5.22. The van der Waals surface area contributed by atoms with Gasteiger partial charge >= 0.3 is 6.09 Å². The predicted octanol–water partition coefficient (Wildman–Crippen LogP) is 5.09. The Labute approximate surface area is 127 Å². The monoisotopic (exact) mass is 295 g/mol. The van der Waals surface area contributed by atoms with Gasteiger partial charge in [0.15, 0.2) is 5.06 Å². The number of benzene rings is 2. The van der Waals surface area contributed by atoms with E-state index in [9.17, 15) is 4.79 Å². The minimum atomic E-state index is -0.421. The predicted molar refractivity (Wildman–Crippen MR) is 85.4 cm³/mol. The summed E-state index contributed by atoms with van der Waals surface area (Å²) in [5.74, 6) is 0. The number of amides is 1. The summed E-state index contributed by atoms with van der Waals surface area (Å²) in [6, 6.07) is 22.5. The molecule has 0 unspecified atom stereocenters. The van der Waals surface area contributed by atoms with Gasteiger partial charge in [-0.05, 0) is 41.8 Å². The highest BCUT2D eigenvalue weighted by molar-refractivity contribution is 7.11. The summed E-state index contributed by atoms with van der Waals surface area (Å²) >= 11 is 1.39. The third-order valence-corrected chi connectivity index (χ3v) is 3.64. The van der Waals surface area contributed by atoms with Crippen molar-refractivity contribution >= 4 is 28.8 Å². The molecule has 3 aromatic rings. The van der Waals surface area contributed by atoms with Crippen LogP contribution in [0.2, 0.25) is 0 Å². The van der Waals surface area contributed by atoms with Crippen molar-refractivity contribution in [1.29, 1.82) is 0 Å². The Hall–Kier alpha value is -2.59. The fraction of sp³-hybridized carbons (Fsp3) is 0. The fourth-order valence-electron chi connectivity index (χ4n) is 1.97. The molecular formula is C17H13NO2S. The lowest BCUT2D eigenvalue weighted by Crippen LogP contribution is -2.28. The number of ether oxygens (including phenoxy) is 1. The molecule has 104 valence electrons. The Kier molecular flexibility index (Phi) is 3.98. The Morgan fingerprint density at radius 3 is 1.86 bits per heavy atom. The molecule has 21 heavy (non-hydrogen) atoms. The highest BCUT2D eigenvalue weighted by atomic mass is 32.1. The van der Waals surface area contributed by atoms with Gasteiger partial charge in [-0.15, -0.1) is 11.3 Å². The summed E-state index contributed by atoms with van der Waals surface area (Å²) in [7, 11) is 0. The summed E-state index contributed by atoms with van der Waals surface area (Å²) in [5.41, 5.74) is 1.54.